The monoisotopic (exact) mass is 613 g/mol. The lowest BCUT2D eigenvalue weighted by Crippen LogP contribution is -2.67. The van der Waals surface area contributed by atoms with E-state index in [2.05, 4.69) is 114 Å². The summed E-state index contributed by atoms with van der Waals surface area (Å²) in [6.45, 7) is 8.02. The molecular formula is C27H32IN5O2Si. The number of nitrogens with two attached hydrogens (primary N) is 1. The number of hydrogen-bond donors (Lipinski definition) is 1. The smallest absolute Gasteiger partial charge is 0.261 e. The number of nitrogen functional groups attached to an aromatic ring is 1. The summed E-state index contributed by atoms with van der Waals surface area (Å²) in [5.74, 6) is 0.462. The standard InChI is InChI=1S/C27H32IN5O2Si/c1-27(2,3)36(21-10-6-4-7-11-21,22-12-8-5-9-13-22)35-17-20-15-14-19(16-34-20)33-26-23(24(28)32-33)25(29)30-18-31-26/h4-13,18-20H,14-17H2,1-3H3,(H2,29,30,31). The van der Waals surface area contributed by atoms with Gasteiger partial charge in [-0.25, -0.2) is 14.6 Å². The summed E-state index contributed by atoms with van der Waals surface area (Å²) < 4.78 is 16.2. The summed E-state index contributed by atoms with van der Waals surface area (Å²) in [4.78, 5) is 8.57. The third kappa shape index (κ3) is 4.57. The normalized spacial score (nSPS) is 19.0. The second-order valence-electron chi connectivity index (χ2n) is 10.4. The molecule has 9 heteroatoms. The maximum Gasteiger partial charge on any atom is 0.261 e. The lowest BCUT2D eigenvalue weighted by Gasteiger charge is -2.44. The van der Waals surface area contributed by atoms with Gasteiger partial charge in [-0.2, -0.15) is 5.10 Å². The minimum Gasteiger partial charge on any atom is -0.405 e. The van der Waals surface area contributed by atoms with Crippen LogP contribution in [0.1, 0.15) is 39.7 Å². The van der Waals surface area contributed by atoms with Gasteiger partial charge in [-0.05, 0) is 50.8 Å². The lowest BCUT2D eigenvalue weighted by atomic mass is 10.1. The lowest BCUT2D eigenvalue weighted by molar-refractivity contribution is -0.0370. The Hall–Kier alpha value is -2.34. The number of rotatable bonds is 6. The molecule has 4 aromatic rings. The van der Waals surface area contributed by atoms with E-state index in [1.54, 1.807) is 0 Å². The van der Waals surface area contributed by atoms with Gasteiger partial charge in [0.1, 0.15) is 15.8 Å². The van der Waals surface area contributed by atoms with Gasteiger partial charge >= 0.3 is 0 Å². The van der Waals surface area contributed by atoms with Gasteiger partial charge in [-0.15, -0.1) is 0 Å². The molecule has 2 aromatic carbocycles. The molecule has 0 bridgehead atoms. The maximum absolute atomic E-state index is 7.09. The van der Waals surface area contributed by atoms with E-state index < -0.39 is 8.32 Å². The molecule has 36 heavy (non-hydrogen) atoms. The average molecular weight is 614 g/mol. The van der Waals surface area contributed by atoms with Crippen LogP contribution in [0.3, 0.4) is 0 Å². The molecule has 5 rings (SSSR count). The van der Waals surface area contributed by atoms with Crippen molar-refractivity contribution in [2.75, 3.05) is 18.9 Å². The number of benzene rings is 2. The van der Waals surface area contributed by atoms with Crippen LogP contribution in [0.4, 0.5) is 5.82 Å². The van der Waals surface area contributed by atoms with E-state index in [-0.39, 0.29) is 17.2 Å². The van der Waals surface area contributed by atoms with Crippen molar-refractivity contribution in [3.8, 4) is 0 Å². The first-order chi connectivity index (χ1) is 17.3. The van der Waals surface area contributed by atoms with Crippen molar-refractivity contribution in [2.24, 2.45) is 0 Å². The summed E-state index contributed by atoms with van der Waals surface area (Å²) >= 11 is 2.20. The van der Waals surface area contributed by atoms with E-state index in [9.17, 15) is 0 Å². The van der Waals surface area contributed by atoms with Gasteiger partial charge in [-0.1, -0.05) is 81.4 Å². The molecule has 188 valence electrons. The number of fused-ring (bicyclic) bond motifs is 1. The average Bonchev–Trinajstić information content (AvgIpc) is 3.23. The van der Waals surface area contributed by atoms with E-state index in [1.165, 1.54) is 16.7 Å². The SMILES string of the molecule is CC(C)(C)[Si](OCC1CCC(n2nc(I)c3c(N)ncnc32)CO1)(c1ccccc1)c1ccccc1. The van der Waals surface area contributed by atoms with Crippen LogP contribution in [0.15, 0.2) is 67.0 Å². The van der Waals surface area contributed by atoms with E-state index >= 15 is 0 Å². The Labute approximate surface area is 226 Å². The Morgan fingerprint density at radius 2 is 1.67 bits per heavy atom. The first-order valence-electron chi connectivity index (χ1n) is 12.3. The largest absolute Gasteiger partial charge is 0.405 e. The van der Waals surface area contributed by atoms with Gasteiger partial charge in [0, 0.05) is 0 Å². The summed E-state index contributed by atoms with van der Waals surface area (Å²) in [7, 11) is -2.58. The van der Waals surface area contributed by atoms with Crippen LogP contribution in [0.5, 0.6) is 0 Å². The molecule has 2 atom stereocenters. The molecule has 1 aliphatic rings. The maximum atomic E-state index is 7.09. The van der Waals surface area contributed by atoms with Crippen LogP contribution in [0.25, 0.3) is 11.0 Å². The van der Waals surface area contributed by atoms with Crippen molar-refractivity contribution in [3.63, 3.8) is 0 Å². The molecule has 2 unspecified atom stereocenters. The van der Waals surface area contributed by atoms with Crippen LogP contribution < -0.4 is 16.1 Å². The fourth-order valence-electron chi connectivity index (χ4n) is 5.30. The summed E-state index contributed by atoms with van der Waals surface area (Å²) in [6.07, 6.45) is 3.35. The van der Waals surface area contributed by atoms with E-state index in [4.69, 9.17) is 20.0 Å². The van der Waals surface area contributed by atoms with Crippen LogP contribution in [-0.4, -0.2) is 47.4 Å². The summed E-state index contributed by atoms with van der Waals surface area (Å²) in [5.41, 5.74) is 6.85. The summed E-state index contributed by atoms with van der Waals surface area (Å²) in [6, 6.07) is 21.6. The van der Waals surface area contributed by atoms with Crippen LogP contribution >= 0.6 is 22.6 Å². The highest BCUT2D eigenvalue weighted by molar-refractivity contribution is 14.1. The van der Waals surface area contributed by atoms with Gasteiger partial charge in [0.15, 0.2) is 5.65 Å². The highest BCUT2D eigenvalue weighted by Gasteiger charge is 2.50. The molecule has 2 N–H and O–H groups in total. The number of hydrogen-bond acceptors (Lipinski definition) is 6. The zero-order chi connectivity index (χ0) is 25.3. The van der Waals surface area contributed by atoms with Gasteiger partial charge in [0.25, 0.3) is 8.32 Å². The van der Waals surface area contributed by atoms with Gasteiger partial charge in [-0.3, -0.25) is 0 Å². The van der Waals surface area contributed by atoms with E-state index in [0.29, 0.717) is 19.0 Å². The quantitative estimate of drug-likeness (QED) is 0.258. The zero-order valence-electron chi connectivity index (χ0n) is 20.9. The molecule has 3 heterocycles. The second kappa shape index (κ2) is 10.2. The van der Waals surface area contributed by atoms with Crippen molar-refractivity contribution >= 4 is 58.1 Å². The number of aromatic nitrogens is 4. The fraction of sp³-hybridized carbons (Fsp3) is 0.370. The van der Waals surface area contributed by atoms with Crippen LogP contribution in [0, 0.1) is 3.70 Å². The Morgan fingerprint density at radius 3 is 2.22 bits per heavy atom. The minimum absolute atomic E-state index is 0.0310. The number of halogens is 1. The number of ether oxygens (including phenoxy) is 1. The molecule has 1 aliphatic heterocycles. The van der Waals surface area contributed by atoms with E-state index in [0.717, 1.165) is 27.6 Å². The number of nitrogens with zero attached hydrogens (tertiary/aromatic N) is 4. The van der Waals surface area contributed by atoms with E-state index in [1.807, 2.05) is 4.68 Å². The van der Waals surface area contributed by atoms with Gasteiger partial charge in [0.05, 0.1) is 30.7 Å². The molecule has 2 aromatic heterocycles. The van der Waals surface area contributed by atoms with Crippen molar-refractivity contribution < 1.29 is 9.16 Å². The van der Waals surface area contributed by atoms with Crippen molar-refractivity contribution in [3.05, 3.63) is 70.7 Å². The first-order valence-corrected chi connectivity index (χ1v) is 15.3. The highest BCUT2D eigenvalue weighted by Crippen LogP contribution is 2.37. The topological polar surface area (TPSA) is 88.1 Å². The van der Waals surface area contributed by atoms with Crippen molar-refractivity contribution in [2.45, 2.75) is 50.8 Å². The zero-order valence-corrected chi connectivity index (χ0v) is 24.1. The first kappa shape index (κ1) is 25.3. The van der Waals surface area contributed by atoms with Gasteiger partial charge in [0.2, 0.25) is 0 Å². The molecule has 1 saturated heterocycles. The molecule has 7 nitrogen and oxygen atoms in total. The predicted molar refractivity (Wildman–Crippen MR) is 154 cm³/mol. The van der Waals surface area contributed by atoms with Gasteiger partial charge < -0.3 is 14.9 Å². The Bertz CT molecular complexity index is 1280. The molecule has 1 fully saturated rings. The minimum atomic E-state index is -2.58. The van der Waals surface area contributed by atoms with Crippen LogP contribution in [0.2, 0.25) is 5.04 Å². The third-order valence-electron chi connectivity index (χ3n) is 7.07. The Morgan fingerprint density at radius 1 is 1.03 bits per heavy atom. The van der Waals surface area contributed by atoms with Crippen molar-refractivity contribution in [1.82, 2.24) is 19.7 Å². The molecular weight excluding hydrogens is 581 g/mol. The molecule has 0 aliphatic carbocycles. The molecule has 0 amide bonds. The molecule has 0 saturated carbocycles. The predicted octanol–water partition coefficient (Wildman–Crippen LogP) is 4.31. The fourth-order valence-corrected chi connectivity index (χ4v) is 10.6. The van der Waals surface area contributed by atoms with Crippen LogP contribution in [-0.2, 0) is 9.16 Å². The molecule has 0 radical (unpaired) electrons. The third-order valence-corrected chi connectivity index (χ3v) is 12.8. The second-order valence-corrected chi connectivity index (χ2v) is 15.7. The Kier molecular flexibility index (Phi) is 7.17. The Balaban J connectivity index is 1.36. The number of anilines is 1. The summed E-state index contributed by atoms with van der Waals surface area (Å²) in [5, 5.41) is 8.04. The van der Waals surface area contributed by atoms with Crippen molar-refractivity contribution in [1.29, 1.82) is 0 Å². The molecule has 0 spiro atoms. The highest BCUT2D eigenvalue weighted by atomic mass is 127.